The summed E-state index contributed by atoms with van der Waals surface area (Å²) in [6.07, 6.45) is -4.02. The number of rotatable bonds is 5. The molecule has 100 valence electrons. The number of ether oxygens (including phenoxy) is 1. The largest absolute Gasteiger partial charge is 0.480 e. The average Bonchev–Trinajstić information content (AvgIpc) is 2.54. The molecule has 1 saturated heterocycles. The Hall–Kier alpha value is -0.770. The van der Waals surface area contributed by atoms with E-state index in [2.05, 4.69) is 5.32 Å². The van der Waals surface area contributed by atoms with Crippen LogP contribution in [0.2, 0.25) is 0 Å². The minimum absolute atomic E-state index is 0.552. The van der Waals surface area contributed by atoms with Crippen molar-refractivity contribution in [2.24, 2.45) is 0 Å². The second-order valence-electron chi connectivity index (χ2n) is 4.03. The monoisotopic (exact) mass is 251 g/mol. The van der Waals surface area contributed by atoms with Crippen LogP contribution in [-0.2, 0) is 9.53 Å². The van der Waals surface area contributed by atoms with Gasteiger partial charge >= 0.3 is 5.97 Å². The Balaban J connectivity index is 2.85. The number of carboxylic acids is 1. The van der Waals surface area contributed by atoms with Crippen molar-refractivity contribution in [2.45, 2.75) is 37.0 Å². The first-order chi connectivity index (χ1) is 7.88. The van der Waals surface area contributed by atoms with Crippen molar-refractivity contribution in [3.63, 3.8) is 0 Å². The molecule has 8 heteroatoms. The number of aliphatic hydroxyl groups excluding tert-OH is 4. The van der Waals surface area contributed by atoms with E-state index in [-0.39, 0.29) is 0 Å². The van der Waals surface area contributed by atoms with Crippen molar-refractivity contribution in [3.05, 3.63) is 0 Å². The quantitative estimate of drug-likeness (QED) is 0.301. The summed E-state index contributed by atoms with van der Waals surface area (Å²) >= 11 is 0. The molecule has 0 radical (unpaired) electrons. The number of hydrogen-bond donors (Lipinski definition) is 6. The van der Waals surface area contributed by atoms with Crippen LogP contribution >= 0.6 is 0 Å². The molecule has 1 fully saturated rings. The molecule has 0 aliphatic carbocycles. The molecule has 8 nitrogen and oxygen atoms in total. The highest BCUT2D eigenvalue weighted by Gasteiger charge is 2.54. The van der Waals surface area contributed by atoms with Gasteiger partial charge in [-0.1, -0.05) is 0 Å². The number of aliphatic hydroxyl groups is 4. The Morgan fingerprint density at radius 1 is 1.47 bits per heavy atom. The van der Waals surface area contributed by atoms with E-state index >= 15 is 0 Å². The number of nitrogens with one attached hydrogen (secondary N) is 1. The molecule has 0 amide bonds. The van der Waals surface area contributed by atoms with Crippen molar-refractivity contribution >= 4 is 5.97 Å². The molecule has 1 aliphatic rings. The molecule has 1 aliphatic heterocycles. The lowest BCUT2D eigenvalue weighted by atomic mass is 10.0. The zero-order valence-corrected chi connectivity index (χ0v) is 9.28. The van der Waals surface area contributed by atoms with Gasteiger partial charge in [-0.15, -0.1) is 0 Å². The third-order valence-electron chi connectivity index (χ3n) is 2.79. The average molecular weight is 251 g/mol. The van der Waals surface area contributed by atoms with Crippen LogP contribution < -0.4 is 5.32 Å². The molecular weight excluding hydrogens is 234 g/mol. The lowest BCUT2D eigenvalue weighted by Crippen LogP contribution is -2.61. The summed E-state index contributed by atoms with van der Waals surface area (Å²) in [4.78, 5) is 10.7. The van der Waals surface area contributed by atoms with E-state index < -0.39 is 49.3 Å². The third kappa shape index (κ3) is 2.57. The molecule has 0 aromatic rings. The summed E-state index contributed by atoms with van der Waals surface area (Å²) in [5.74, 6) is -1.20. The highest BCUT2D eigenvalue weighted by molar-refractivity contribution is 5.73. The molecule has 1 heterocycles. The smallest absolute Gasteiger partial charge is 0.320 e. The van der Waals surface area contributed by atoms with Crippen molar-refractivity contribution in [3.8, 4) is 0 Å². The van der Waals surface area contributed by atoms with Crippen LogP contribution in [0, 0.1) is 0 Å². The van der Waals surface area contributed by atoms with Crippen molar-refractivity contribution in [2.75, 3.05) is 13.2 Å². The standard InChI is InChI=1S/C9H17NO7/c1-4(8(15)16)10-9(3-12)7(14)6(13)5(2-11)17-9/h4-7,10-14H,2-3H2,1H3,(H,15,16)/t4-,5+,6+,7-,9-/m0/s1. The van der Waals surface area contributed by atoms with Crippen LogP contribution in [-0.4, -0.2) is 74.8 Å². The minimum Gasteiger partial charge on any atom is -0.480 e. The maximum absolute atomic E-state index is 10.7. The van der Waals surface area contributed by atoms with Crippen LogP contribution in [0.25, 0.3) is 0 Å². The topological polar surface area (TPSA) is 139 Å². The summed E-state index contributed by atoms with van der Waals surface area (Å²) in [5.41, 5.74) is -1.79. The number of aliphatic carboxylic acids is 1. The normalized spacial score (nSPS) is 39.2. The maximum atomic E-state index is 10.7. The van der Waals surface area contributed by atoms with Crippen molar-refractivity contribution < 1.29 is 35.1 Å². The lowest BCUT2D eigenvalue weighted by molar-refractivity contribution is -0.157. The van der Waals surface area contributed by atoms with Gasteiger partial charge in [0.05, 0.1) is 13.2 Å². The Bertz CT molecular complexity index is 287. The van der Waals surface area contributed by atoms with Gasteiger partial charge in [-0.2, -0.15) is 0 Å². The first-order valence-electron chi connectivity index (χ1n) is 5.14. The summed E-state index contributed by atoms with van der Waals surface area (Å²) < 4.78 is 5.12. The van der Waals surface area contributed by atoms with E-state index in [4.69, 9.17) is 14.9 Å². The molecule has 6 N–H and O–H groups in total. The van der Waals surface area contributed by atoms with E-state index in [0.29, 0.717) is 0 Å². The Morgan fingerprint density at radius 2 is 2.06 bits per heavy atom. The van der Waals surface area contributed by atoms with Crippen LogP contribution in [0.3, 0.4) is 0 Å². The number of carbonyl (C=O) groups is 1. The summed E-state index contributed by atoms with van der Waals surface area (Å²) in [5, 5.41) is 48.5. The van der Waals surface area contributed by atoms with Gasteiger partial charge in [-0.25, -0.2) is 0 Å². The maximum Gasteiger partial charge on any atom is 0.320 e. The van der Waals surface area contributed by atoms with Crippen molar-refractivity contribution in [1.29, 1.82) is 0 Å². The van der Waals surface area contributed by atoms with Gasteiger partial charge in [0.25, 0.3) is 0 Å². The Morgan fingerprint density at radius 3 is 2.41 bits per heavy atom. The molecule has 0 aromatic heterocycles. The van der Waals surface area contributed by atoms with Gasteiger partial charge in [0.1, 0.15) is 24.4 Å². The van der Waals surface area contributed by atoms with E-state index in [0.717, 1.165) is 0 Å². The third-order valence-corrected chi connectivity index (χ3v) is 2.79. The fourth-order valence-electron chi connectivity index (χ4n) is 1.76. The molecular formula is C9H17NO7. The molecule has 0 saturated carbocycles. The van der Waals surface area contributed by atoms with Gasteiger partial charge in [-0.3, -0.25) is 10.1 Å². The molecule has 0 bridgehead atoms. The van der Waals surface area contributed by atoms with E-state index in [1.54, 1.807) is 0 Å². The first kappa shape index (κ1) is 14.3. The lowest BCUT2D eigenvalue weighted by Gasteiger charge is -2.32. The van der Waals surface area contributed by atoms with E-state index in [9.17, 15) is 20.1 Å². The van der Waals surface area contributed by atoms with Crippen molar-refractivity contribution in [1.82, 2.24) is 5.32 Å². The fourth-order valence-corrected chi connectivity index (χ4v) is 1.76. The summed E-state index contributed by atoms with van der Waals surface area (Å²) in [6, 6.07) is -1.10. The zero-order valence-electron chi connectivity index (χ0n) is 9.28. The highest BCUT2D eigenvalue weighted by Crippen LogP contribution is 2.29. The van der Waals surface area contributed by atoms with Crippen LogP contribution in [0.1, 0.15) is 6.92 Å². The minimum atomic E-state index is -1.79. The second kappa shape index (κ2) is 5.25. The van der Waals surface area contributed by atoms with Gasteiger partial charge in [-0.05, 0) is 6.92 Å². The SMILES string of the molecule is C[C@H](N[C@@]1(CO)O[C@H](CO)[C@@H](O)[C@@H]1O)C(=O)O. The Labute approximate surface area is 97.4 Å². The first-order valence-corrected chi connectivity index (χ1v) is 5.14. The molecule has 5 atom stereocenters. The van der Waals surface area contributed by atoms with E-state index in [1.807, 2.05) is 0 Å². The molecule has 0 unspecified atom stereocenters. The number of carboxylic acid groups (broad SMARTS) is 1. The molecule has 0 aromatic carbocycles. The van der Waals surface area contributed by atoms with Gasteiger partial charge in [0, 0.05) is 0 Å². The predicted molar refractivity (Wildman–Crippen MR) is 54.0 cm³/mol. The number of hydrogen-bond acceptors (Lipinski definition) is 7. The molecule has 0 spiro atoms. The zero-order chi connectivity index (χ0) is 13.2. The van der Waals surface area contributed by atoms with Crippen LogP contribution in [0.4, 0.5) is 0 Å². The van der Waals surface area contributed by atoms with Gasteiger partial charge in [0.15, 0.2) is 5.72 Å². The second-order valence-corrected chi connectivity index (χ2v) is 4.03. The van der Waals surface area contributed by atoms with E-state index in [1.165, 1.54) is 6.92 Å². The van der Waals surface area contributed by atoms with Crippen LogP contribution in [0.15, 0.2) is 0 Å². The summed E-state index contributed by atoms with van der Waals surface area (Å²) in [6.45, 7) is 0.0108. The highest BCUT2D eigenvalue weighted by atomic mass is 16.6. The Kier molecular flexibility index (Phi) is 4.42. The predicted octanol–water partition coefficient (Wildman–Crippen LogP) is -3.15. The van der Waals surface area contributed by atoms with Crippen LogP contribution in [0.5, 0.6) is 0 Å². The van der Waals surface area contributed by atoms with Gasteiger partial charge in [0.2, 0.25) is 0 Å². The summed E-state index contributed by atoms with van der Waals surface area (Å²) in [7, 11) is 0. The molecule has 1 rings (SSSR count). The fraction of sp³-hybridized carbons (Fsp3) is 0.889. The van der Waals surface area contributed by atoms with Gasteiger partial charge < -0.3 is 30.3 Å². The molecule has 17 heavy (non-hydrogen) atoms.